The molecule has 120 valence electrons. The molecule has 0 saturated carbocycles. The van der Waals surface area contributed by atoms with E-state index >= 15 is 0 Å². The molecule has 0 aliphatic carbocycles. The van der Waals surface area contributed by atoms with Crippen molar-refractivity contribution in [1.29, 1.82) is 0 Å². The predicted octanol–water partition coefficient (Wildman–Crippen LogP) is 0.688. The van der Waals surface area contributed by atoms with Gasteiger partial charge in [-0.2, -0.15) is 0 Å². The maximum absolute atomic E-state index is 12.2. The third kappa shape index (κ3) is 3.47. The van der Waals surface area contributed by atoms with Gasteiger partial charge in [0, 0.05) is 33.2 Å². The predicted molar refractivity (Wildman–Crippen MR) is 75.1 cm³/mol. The van der Waals surface area contributed by atoms with Crippen LogP contribution in [0.1, 0.15) is 26.2 Å². The summed E-state index contributed by atoms with van der Waals surface area (Å²) >= 11 is 0. The van der Waals surface area contributed by atoms with Crippen molar-refractivity contribution in [2.75, 3.05) is 40.0 Å². The molecule has 0 aromatic heterocycles. The first-order valence-corrected chi connectivity index (χ1v) is 7.30. The highest BCUT2D eigenvalue weighted by atomic mass is 16.5. The summed E-state index contributed by atoms with van der Waals surface area (Å²) in [6, 6.07) is -0.231. The van der Waals surface area contributed by atoms with Crippen LogP contribution in [0.3, 0.4) is 0 Å². The number of hydrogen-bond acceptors (Lipinski definition) is 4. The van der Waals surface area contributed by atoms with Crippen LogP contribution in [0.5, 0.6) is 0 Å². The number of aliphatic carboxylic acids is 1. The Kier molecular flexibility index (Phi) is 4.73. The zero-order valence-electron chi connectivity index (χ0n) is 12.7. The highest BCUT2D eigenvalue weighted by Gasteiger charge is 2.40. The van der Waals surface area contributed by atoms with Crippen molar-refractivity contribution in [3.63, 3.8) is 0 Å². The average molecular weight is 300 g/mol. The van der Waals surface area contributed by atoms with Crippen molar-refractivity contribution in [2.45, 2.75) is 31.8 Å². The summed E-state index contributed by atoms with van der Waals surface area (Å²) in [7, 11) is 1.61. The van der Waals surface area contributed by atoms with Gasteiger partial charge in [-0.25, -0.2) is 4.79 Å². The van der Waals surface area contributed by atoms with E-state index < -0.39 is 17.0 Å². The van der Waals surface area contributed by atoms with Crippen molar-refractivity contribution in [2.24, 2.45) is 5.41 Å². The average Bonchev–Trinajstić information content (AvgIpc) is 2.94. The number of urea groups is 1. The van der Waals surface area contributed by atoms with E-state index in [9.17, 15) is 14.7 Å². The number of ether oxygens (including phenoxy) is 2. The molecule has 2 unspecified atom stereocenters. The van der Waals surface area contributed by atoms with E-state index in [4.69, 9.17) is 9.47 Å². The molecule has 7 heteroatoms. The number of amides is 2. The SMILES string of the molecule is COC1(CNC(=O)N2CCCC(C)(C(=O)O)C2)CCOC1. The maximum atomic E-state index is 12.2. The fourth-order valence-electron chi connectivity index (χ4n) is 2.90. The molecular formula is C14H24N2O5. The molecular weight excluding hydrogens is 276 g/mol. The molecule has 2 atom stereocenters. The van der Waals surface area contributed by atoms with E-state index in [0.29, 0.717) is 39.1 Å². The zero-order valence-corrected chi connectivity index (χ0v) is 12.7. The van der Waals surface area contributed by atoms with E-state index in [1.807, 2.05) is 0 Å². The molecule has 7 nitrogen and oxygen atoms in total. The summed E-state index contributed by atoms with van der Waals surface area (Å²) in [6.45, 7) is 4.00. The molecule has 2 rings (SSSR count). The number of nitrogens with one attached hydrogen (secondary N) is 1. The maximum Gasteiger partial charge on any atom is 0.317 e. The van der Waals surface area contributed by atoms with Crippen LogP contribution in [-0.2, 0) is 14.3 Å². The summed E-state index contributed by atoms with van der Waals surface area (Å²) in [6.07, 6.45) is 2.05. The van der Waals surface area contributed by atoms with Gasteiger partial charge in [0.25, 0.3) is 0 Å². The van der Waals surface area contributed by atoms with E-state index in [-0.39, 0.29) is 12.6 Å². The smallest absolute Gasteiger partial charge is 0.317 e. The Morgan fingerprint density at radius 1 is 1.43 bits per heavy atom. The van der Waals surface area contributed by atoms with Crippen molar-refractivity contribution in [3.8, 4) is 0 Å². The van der Waals surface area contributed by atoms with Gasteiger partial charge in [-0.05, 0) is 19.8 Å². The summed E-state index contributed by atoms with van der Waals surface area (Å²) in [4.78, 5) is 25.1. The first-order chi connectivity index (χ1) is 9.91. The van der Waals surface area contributed by atoms with Crippen LogP contribution in [-0.4, -0.2) is 67.6 Å². The number of piperidine rings is 1. The lowest BCUT2D eigenvalue weighted by Crippen LogP contribution is -2.54. The molecule has 0 spiro atoms. The zero-order chi connectivity index (χ0) is 15.5. The van der Waals surface area contributed by atoms with Crippen LogP contribution in [0, 0.1) is 5.41 Å². The lowest BCUT2D eigenvalue weighted by molar-refractivity contribution is -0.150. The molecule has 0 aromatic carbocycles. The normalized spacial score (nSPS) is 33.0. The van der Waals surface area contributed by atoms with Gasteiger partial charge >= 0.3 is 12.0 Å². The van der Waals surface area contributed by atoms with Gasteiger partial charge in [0.05, 0.1) is 18.6 Å². The number of carboxylic acid groups (broad SMARTS) is 1. The number of hydrogen-bond donors (Lipinski definition) is 2. The molecule has 0 bridgehead atoms. The quantitative estimate of drug-likeness (QED) is 0.797. The third-order valence-electron chi connectivity index (χ3n) is 4.56. The Labute approximate surface area is 124 Å². The minimum atomic E-state index is -0.856. The topological polar surface area (TPSA) is 88.1 Å². The Bertz CT molecular complexity index is 408. The van der Waals surface area contributed by atoms with Crippen LogP contribution >= 0.6 is 0 Å². The number of nitrogens with zero attached hydrogens (tertiary/aromatic N) is 1. The molecule has 2 heterocycles. The summed E-state index contributed by atoms with van der Waals surface area (Å²) in [5.74, 6) is -0.849. The van der Waals surface area contributed by atoms with Crippen molar-refractivity contribution >= 4 is 12.0 Å². The second-order valence-corrected chi connectivity index (χ2v) is 6.24. The molecule has 2 amide bonds. The fraction of sp³-hybridized carbons (Fsp3) is 0.857. The summed E-state index contributed by atoms with van der Waals surface area (Å²) in [5.41, 5.74) is -1.31. The Hall–Kier alpha value is -1.34. The first kappa shape index (κ1) is 16.0. The summed E-state index contributed by atoms with van der Waals surface area (Å²) in [5, 5.41) is 12.1. The minimum absolute atomic E-state index is 0.231. The number of carbonyl (C=O) groups is 2. The monoisotopic (exact) mass is 300 g/mol. The van der Waals surface area contributed by atoms with E-state index in [1.54, 1.807) is 18.9 Å². The third-order valence-corrected chi connectivity index (χ3v) is 4.56. The molecule has 0 aromatic rings. The minimum Gasteiger partial charge on any atom is -0.481 e. The van der Waals surface area contributed by atoms with Crippen molar-refractivity contribution in [3.05, 3.63) is 0 Å². The van der Waals surface area contributed by atoms with Gasteiger partial charge in [-0.15, -0.1) is 0 Å². The largest absolute Gasteiger partial charge is 0.481 e. The van der Waals surface area contributed by atoms with Crippen LogP contribution in [0.15, 0.2) is 0 Å². The van der Waals surface area contributed by atoms with Gasteiger partial charge in [-0.1, -0.05) is 0 Å². The molecule has 0 radical (unpaired) electrons. The number of carboxylic acids is 1. The molecule has 2 N–H and O–H groups in total. The van der Waals surface area contributed by atoms with Crippen LogP contribution in [0.2, 0.25) is 0 Å². The van der Waals surface area contributed by atoms with Gasteiger partial charge < -0.3 is 24.8 Å². The van der Waals surface area contributed by atoms with Gasteiger partial charge in [0.1, 0.15) is 5.60 Å². The standard InChI is InChI=1S/C14H24N2O5/c1-13(11(17)18)4-3-6-16(9-13)12(19)15-8-14(20-2)5-7-21-10-14/h3-10H2,1-2H3,(H,15,19)(H,17,18). The van der Waals surface area contributed by atoms with Crippen LogP contribution < -0.4 is 5.32 Å². The molecule has 21 heavy (non-hydrogen) atoms. The molecule has 2 aliphatic rings. The van der Waals surface area contributed by atoms with Crippen LogP contribution in [0.4, 0.5) is 4.79 Å². The van der Waals surface area contributed by atoms with Gasteiger partial charge in [0.15, 0.2) is 0 Å². The van der Waals surface area contributed by atoms with E-state index in [0.717, 1.165) is 6.42 Å². The fourth-order valence-corrected chi connectivity index (χ4v) is 2.90. The lowest BCUT2D eigenvalue weighted by atomic mass is 9.82. The highest BCUT2D eigenvalue weighted by Crippen LogP contribution is 2.29. The number of carbonyl (C=O) groups excluding carboxylic acids is 1. The molecule has 2 aliphatic heterocycles. The second kappa shape index (κ2) is 6.19. The van der Waals surface area contributed by atoms with Crippen LogP contribution in [0.25, 0.3) is 0 Å². The Morgan fingerprint density at radius 2 is 2.19 bits per heavy atom. The molecule has 2 saturated heterocycles. The number of likely N-dealkylation sites (tertiary alicyclic amines) is 1. The molecule has 2 fully saturated rings. The number of rotatable bonds is 4. The van der Waals surface area contributed by atoms with E-state index in [2.05, 4.69) is 5.32 Å². The number of methoxy groups -OCH3 is 1. The van der Waals surface area contributed by atoms with Crippen molar-refractivity contribution < 1.29 is 24.2 Å². The Morgan fingerprint density at radius 3 is 2.76 bits per heavy atom. The highest BCUT2D eigenvalue weighted by molar-refractivity contribution is 5.78. The second-order valence-electron chi connectivity index (χ2n) is 6.24. The summed E-state index contributed by atoms with van der Waals surface area (Å²) < 4.78 is 10.8. The van der Waals surface area contributed by atoms with E-state index in [1.165, 1.54) is 0 Å². The Balaban J connectivity index is 1.89. The van der Waals surface area contributed by atoms with Crippen molar-refractivity contribution in [1.82, 2.24) is 10.2 Å². The first-order valence-electron chi connectivity index (χ1n) is 7.30. The van der Waals surface area contributed by atoms with Gasteiger partial charge in [-0.3, -0.25) is 4.79 Å². The van der Waals surface area contributed by atoms with Gasteiger partial charge in [0.2, 0.25) is 0 Å². The lowest BCUT2D eigenvalue weighted by Gasteiger charge is -2.38.